The van der Waals surface area contributed by atoms with Gasteiger partial charge in [0.2, 0.25) is 0 Å². The van der Waals surface area contributed by atoms with E-state index in [4.69, 9.17) is 21.1 Å². The van der Waals surface area contributed by atoms with E-state index in [9.17, 15) is 9.59 Å². The van der Waals surface area contributed by atoms with Gasteiger partial charge in [0.25, 0.3) is 5.91 Å². The predicted octanol–water partition coefficient (Wildman–Crippen LogP) is 2.70. The average Bonchev–Trinajstić information content (AvgIpc) is 2.95. The molecule has 1 unspecified atom stereocenters. The number of likely N-dealkylation sites (tertiary alicyclic amines) is 1. The lowest BCUT2D eigenvalue weighted by Crippen LogP contribution is -2.41. The molecule has 25 heavy (non-hydrogen) atoms. The van der Waals surface area contributed by atoms with E-state index in [-0.39, 0.29) is 24.6 Å². The number of carbonyl (C=O) groups is 2. The Hall–Kier alpha value is -1.95. The van der Waals surface area contributed by atoms with Crippen LogP contribution in [-0.4, -0.2) is 48.2 Å². The lowest BCUT2D eigenvalue weighted by Gasteiger charge is -2.26. The summed E-state index contributed by atoms with van der Waals surface area (Å²) in [5.41, 5.74) is -0.490. The van der Waals surface area contributed by atoms with Crippen molar-refractivity contribution in [3.05, 3.63) is 29.3 Å². The fourth-order valence-electron chi connectivity index (χ4n) is 3.12. The topological polar surface area (TPSA) is 67.9 Å². The lowest BCUT2D eigenvalue weighted by molar-refractivity contribution is -0.123. The summed E-state index contributed by atoms with van der Waals surface area (Å²) < 4.78 is 10.8. The standard InChI is InChI=1S/C18H23ClN2O4/c1-18(2,3)25-17(23)21-8-13-14(9-21)16(13)20-15(22)10-24-12-6-4-11(19)5-7-12/h4-7,13-14,16H,8-10H2,1-3H3,(H,20,22)/t13-,14+,16?. The van der Waals surface area contributed by atoms with Gasteiger partial charge in [0, 0.05) is 36.0 Å². The third kappa shape index (κ3) is 4.57. The second-order valence-electron chi connectivity index (χ2n) is 7.55. The summed E-state index contributed by atoms with van der Waals surface area (Å²) in [5.74, 6) is 1.07. The van der Waals surface area contributed by atoms with Crippen LogP contribution < -0.4 is 10.1 Å². The van der Waals surface area contributed by atoms with E-state index in [1.54, 1.807) is 29.2 Å². The first-order chi connectivity index (χ1) is 11.7. The molecule has 0 radical (unpaired) electrons. The first-order valence-corrected chi connectivity index (χ1v) is 8.76. The molecular weight excluding hydrogens is 344 g/mol. The molecule has 1 aliphatic heterocycles. The van der Waals surface area contributed by atoms with Crippen LogP contribution >= 0.6 is 11.6 Å². The van der Waals surface area contributed by atoms with Crippen molar-refractivity contribution in [2.45, 2.75) is 32.4 Å². The van der Waals surface area contributed by atoms with Gasteiger partial charge in [-0.2, -0.15) is 0 Å². The van der Waals surface area contributed by atoms with Crippen molar-refractivity contribution in [1.82, 2.24) is 10.2 Å². The summed E-state index contributed by atoms with van der Waals surface area (Å²) in [6.45, 7) is 6.78. The Morgan fingerprint density at radius 1 is 1.20 bits per heavy atom. The minimum absolute atomic E-state index is 0.0344. The van der Waals surface area contributed by atoms with E-state index in [0.717, 1.165) is 0 Å². The molecule has 2 amide bonds. The number of benzene rings is 1. The van der Waals surface area contributed by atoms with E-state index in [1.165, 1.54) is 0 Å². The lowest BCUT2D eigenvalue weighted by atomic mass is 10.2. The van der Waals surface area contributed by atoms with Crippen molar-refractivity contribution in [1.29, 1.82) is 0 Å². The van der Waals surface area contributed by atoms with E-state index < -0.39 is 5.60 Å². The number of hydrogen-bond donors (Lipinski definition) is 1. The first-order valence-electron chi connectivity index (χ1n) is 8.38. The molecular formula is C18H23ClN2O4. The fraction of sp³-hybridized carbons (Fsp3) is 0.556. The SMILES string of the molecule is CC(C)(C)OC(=O)N1C[C@@H]2C(NC(=O)COc3ccc(Cl)cc3)[C@@H]2C1. The summed E-state index contributed by atoms with van der Waals surface area (Å²) in [7, 11) is 0. The van der Waals surface area contributed by atoms with Crippen LogP contribution in [0.2, 0.25) is 5.02 Å². The number of fused-ring (bicyclic) bond motifs is 1. The van der Waals surface area contributed by atoms with Crippen molar-refractivity contribution in [3.8, 4) is 5.75 Å². The van der Waals surface area contributed by atoms with Crippen LogP contribution in [0.1, 0.15) is 20.8 Å². The van der Waals surface area contributed by atoms with Crippen LogP contribution in [0.15, 0.2) is 24.3 Å². The molecule has 136 valence electrons. The fourth-order valence-corrected chi connectivity index (χ4v) is 3.25. The smallest absolute Gasteiger partial charge is 0.410 e. The summed E-state index contributed by atoms with van der Waals surface area (Å²) in [6.07, 6.45) is -0.282. The van der Waals surface area contributed by atoms with Gasteiger partial charge < -0.3 is 19.7 Å². The molecule has 1 saturated carbocycles. The number of carbonyl (C=O) groups excluding carboxylic acids is 2. The quantitative estimate of drug-likeness (QED) is 0.889. The second-order valence-corrected chi connectivity index (χ2v) is 7.99. The van der Waals surface area contributed by atoms with Crippen molar-refractivity contribution >= 4 is 23.6 Å². The molecule has 3 rings (SSSR count). The van der Waals surface area contributed by atoms with Gasteiger partial charge >= 0.3 is 6.09 Å². The van der Waals surface area contributed by atoms with Crippen LogP contribution in [0.5, 0.6) is 5.75 Å². The Bertz CT molecular complexity index is 644. The van der Waals surface area contributed by atoms with Gasteiger partial charge in [-0.05, 0) is 45.0 Å². The van der Waals surface area contributed by atoms with Gasteiger partial charge in [0.15, 0.2) is 6.61 Å². The van der Waals surface area contributed by atoms with E-state index >= 15 is 0 Å². The Balaban J connectivity index is 1.38. The minimum Gasteiger partial charge on any atom is -0.484 e. The minimum atomic E-state index is -0.490. The molecule has 2 aliphatic rings. The highest BCUT2D eigenvalue weighted by molar-refractivity contribution is 6.30. The number of halogens is 1. The number of ether oxygens (including phenoxy) is 2. The zero-order valence-electron chi connectivity index (χ0n) is 14.6. The molecule has 1 aromatic carbocycles. The molecule has 2 fully saturated rings. The molecule has 7 heteroatoms. The second kappa shape index (κ2) is 6.75. The summed E-state index contributed by atoms with van der Waals surface area (Å²) >= 11 is 5.80. The van der Waals surface area contributed by atoms with E-state index in [0.29, 0.717) is 35.7 Å². The highest BCUT2D eigenvalue weighted by Gasteiger charge is 2.57. The zero-order chi connectivity index (χ0) is 18.2. The number of nitrogens with one attached hydrogen (secondary N) is 1. The maximum atomic E-state index is 12.0. The highest BCUT2D eigenvalue weighted by Crippen LogP contribution is 2.45. The molecule has 3 atom stereocenters. The molecule has 1 heterocycles. The molecule has 1 aromatic rings. The molecule has 6 nitrogen and oxygen atoms in total. The van der Waals surface area contributed by atoms with E-state index in [2.05, 4.69) is 5.32 Å². The summed E-state index contributed by atoms with van der Waals surface area (Å²) in [5, 5.41) is 3.60. The number of hydrogen-bond acceptors (Lipinski definition) is 4. The maximum Gasteiger partial charge on any atom is 0.410 e. The third-order valence-corrected chi connectivity index (χ3v) is 4.61. The van der Waals surface area contributed by atoms with Crippen molar-refractivity contribution in [2.24, 2.45) is 11.8 Å². The Kier molecular flexibility index (Phi) is 4.82. The average molecular weight is 367 g/mol. The van der Waals surface area contributed by atoms with Crippen molar-refractivity contribution < 1.29 is 19.1 Å². The predicted molar refractivity (Wildman–Crippen MR) is 93.7 cm³/mol. The summed E-state index contributed by atoms with van der Waals surface area (Å²) in [6, 6.07) is 7.00. The van der Waals surface area contributed by atoms with Crippen LogP contribution in [0.25, 0.3) is 0 Å². The molecule has 0 spiro atoms. The van der Waals surface area contributed by atoms with Crippen LogP contribution in [0.3, 0.4) is 0 Å². The first kappa shape index (κ1) is 17.9. The molecule has 1 aliphatic carbocycles. The Labute approximate surface area is 152 Å². The van der Waals surface area contributed by atoms with Gasteiger partial charge in [-0.25, -0.2) is 4.79 Å². The van der Waals surface area contributed by atoms with Crippen LogP contribution in [0, 0.1) is 11.8 Å². The summed E-state index contributed by atoms with van der Waals surface area (Å²) in [4.78, 5) is 25.7. The van der Waals surface area contributed by atoms with Gasteiger partial charge in [-0.15, -0.1) is 0 Å². The van der Waals surface area contributed by atoms with Gasteiger partial charge in [-0.3, -0.25) is 4.79 Å². The van der Waals surface area contributed by atoms with Gasteiger partial charge in [-0.1, -0.05) is 11.6 Å². The zero-order valence-corrected chi connectivity index (χ0v) is 15.4. The van der Waals surface area contributed by atoms with Crippen LogP contribution in [0.4, 0.5) is 4.79 Å². The van der Waals surface area contributed by atoms with Crippen molar-refractivity contribution in [2.75, 3.05) is 19.7 Å². The molecule has 0 aromatic heterocycles. The van der Waals surface area contributed by atoms with Gasteiger partial charge in [0.1, 0.15) is 11.4 Å². The molecule has 1 saturated heterocycles. The van der Waals surface area contributed by atoms with Crippen LogP contribution in [-0.2, 0) is 9.53 Å². The van der Waals surface area contributed by atoms with Crippen molar-refractivity contribution in [3.63, 3.8) is 0 Å². The Morgan fingerprint density at radius 2 is 1.80 bits per heavy atom. The number of rotatable bonds is 4. The monoisotopic (exact) mass is 366 g/mol. The van der Waals surface area contributed by atoms with Gasteiger partial charge in [0.05, 0.1) is 0 Å². The van der Waals surface area contributed by atoms with E-state index in [1.807, 2.05) is 20.8 Å². The maximum absolute atomic E-state index is 12.0. The third-order valence-electron chi connectivity index (χ3n) is 4.36. The molecule has 1 N–H and O–H groups in total. The number of nitrogens with zero attached hydrogens (tertiary/aromatic N) is 1. The Morgan fingerprint density at radius 3 is 2.36 bits per heavy atom. The molecule has 0 bridgehead atoms. The number of amides is 2. The highest BCUT2D eigenvalue weighted by atomic mass is 35.5. The normalized spacial score (nSPS) is 24.5. The number of piperidine rings is 1. The largest absolute Gasteiger partial charge is 0.484 e.